The second kappa shape index (κ2) is 7.99. The van der Waals surface area contributed by atoms with Gasteiger partial charge in [0.1, 0.15) is 6.04 Å². The maximum Gasteiger partial charge on any atom is 0.244 e. The summed E-state index contributed by atoms with van der Waals surface area (Å²) >= 11 is 0. The van der Waals surface area contributed by atoms with Crippen molar-refractivity contribution in [3.8, 4) is 0 Å². The van der Waals surface area contributed by atoms with E-state index >= 15 is 0 Å². The third-order valence-corrected chi connectivity index (χ3v) is 3.14. The molecular formula is C14H27N5O. The van der Waals surface area contributed by atoms with Gasteiger partial charge in [0, 0.05) is 18.6 Å². The Kier molecular flexibility index (Phi) is 6.64. The SMILES string of the molecule is CCCC(C)NC(=O)C(C)n1cc(CNC(C)C)nn1. The van der Waals surface area contributed by atoms with Crippen LogP contribution in [0.5, 0.6) is 0 Å². The van der Waals surface area contributed by atoms with E-state index in [4.69, 9.17) is 0 Å². The summed E-state index contributed by atoms with van der Waals surface area (Å²) in [4.78, 5) is 12.1. The Morgan fingerprint density at radius 2 is 2.05 bits per heavy atom. The first kappa shape index (κ1) is 16.6. The van der Waals surface area contributed by atoms with E-state index in [9.17, 15) is 4.79 Å². The largest absolute Gasteiger partial charge is 0.352 e. The highest BCUT2D eigenvalue weighted by molar-refractivity contribution is 5.79. The summed E-state index contributed by atoms with van der Waals surface area (Å²) in [5, 5.41) is 14.4. The molecule has 0 saturated carbocycles. The quantitative estimate of drug-likeness (QED) is 0.760. The van der Waals surface area contributed by atoms with Gasteiger partial charge in [0.25, 0.3) is 0 Å². The minimum Gasteiger partial charge on any atom is -0.352 e. The molecule has 0 radical (unpaired) electrons. The maximum absolute atomic E-state index is 12.1. The predicted molar refractivity (Wildman–Crippen MR) is 79.2 cm³/mol. The lowest BCUT2D eigenvalue weighted by molar-refractivity contribution is -0.124. The van der Waals surface area contributed by atoms with Crippen molar-refractivity contribution in [1.29, 1.82) is 0 Å². The van der Waals surface area contributed by atoms with Gasteiger partial charge in [0.05, 0.1) is 11.9 Å². The van der Waals surface area contributed by atoms with Crippen molar-refractivity contribution in [3.63, 3.8) is 0 Å². The molecule has 0 aliphatic heterocycles. The first-order valence-electron chi connectivity index (χ1n) is 7.38. The molecule has 2 atom stereocenters. The van der Waals surface area contributed by atoms with Gasteiger partial charge in [-0.05, 0) is 20.3 Å². The van der Waals surface area contributed by atoms with Gasteiger partial charge in [-0.15, -0.1) is 5.10 Å². The highest BCUT2D eigenvalue weighted by atomic mass is 16.2. The van der Waals surface area contributed by atoms with E-state index in [-0.39, 0.29) is 18.0 Å². The van der Waals surface area contributed by atoms with Crippen LogP contribution in [0.15, 0.2) is 6.20 Å². The van der Waals surface area contributed by atoms with Gasteiger partial charge >= 0.3 is 0 Å². The van der Waals surface area contributed by atoms with Gasteiger partial charge in [-0.3, -0.25) is 4.79 Å². The molecule has 0 saturated heterocycles. The lowest BCUT2D eigenvalue weighted by atomic mass is 10.2. The Labute approximate surface area is 121 Å². The zero-order valence-electron chi connectivity index (χ0n) is 13.2. The van der Waals surface area contributed by atoms with Crippen molar-refractivity contribution in [2.75, 3.05) is 0 Å². The summed E-state index contributed by atoms with van der Waals surface area (Å²) in [5.74, 6) is -0.0146. The van der Waals surface area contributed by atoms with E-state index in [0.29, 0.717) is 12.6 Å². The zero-order chi connectivity index (χ0) is 15.1. The smallest absolute Gasteiger partial charge is 0.244 e. The fraction of sp³-hybridized carbons (Fsp3) is 0.786. The van der Waals surface area contributed by atoms with E-state index < -0.39 is 0 Å². The third kappa shape index (κ3) is 5.28. The summed E-state index contributed by atoms with van der Waals surface area (Å²) in [6.07, 6.45) is 3.87. The highest BCUT2D eigenvalue weighted by Gasteiger charge is 2.18. The summed E-state index contributed by atoms with van der Waals surface area (Å²) in [5.41, 5.74) is 0.847. The van der Waals surface area contributed by atoms with Crippen molar-refractivity contribution < 1.29 is 4.79 Å². The fourth-order valence-corrected chi connectivity index (χ4v) is 1.88. The standard InChI is InChI=1S/C14H27N5O/c1-6-7-11(4)16-14(20)12(5)19-9-13(17-18-19)8-15-10(2)3/h9-12,15H,6-8H2,1-5H3,(H,16,20). The minimum absolute atomic E-state index is 0.0146. The van der Waals surface area contributed by atoms with E-state index in [1.807, 2.05) is 20.0 Å². The molecule has 0 aliphatic carbocycles. The topological polar surface area (TPSA) is 71.8 Å². The van der Waals surface area contributed by atoms with Crippen LogP contribution in [0, 0.1) is 0 Å². The Morgan fingerprint density at radius 1 is 1.35 bits per heavy atom. The number of rotatable bonds is 8. The molecule has 6 heteroatoms. The van der Waals surface area contributed by atoms with Crippen LogP contribution in [0.2, 0.25) is 0 Å². The van der Waals surface area contributed by atoms with Crippen LogP contribution in [0.1, 0.15) is 59.2 Å². The molecule has 20 heavy (non-hydrogen) atoms. The van der Waals surface area contributed by atoms with Crippen molar-refractivity contribution in [2.24, 2.45) is 0 Å². The second-order valence-corrected chi connectivity index (χ2v) is 5.60. The number of hydrogen-bond donors (Lipinski definition) is 2. The van der Waals surface area contributed by atoms with Crippen molar-refractivity contribution in [3.05, 3.63) is 11.9 Å². The number of nitrogens with one attached hydrogen (secondary N) is 2. The molecular weight excluding hydrogens is 254 g/mol. The van der Waals surface area contributed by atoms with Gasteiger partial charge in [-0.25, -0.2) is 4.68 Å². The zero-order valence-corrected chi connectivity index (χ0v) is 13.2. The Balaban J connectivity index is 2.54. The normalized spacial score (nSPS) is 14.3. The van der Waals surface area contributed by atoms with Crippen molar-refractivity contribution >= 4 is 5.91 Å². The molecule has 0 aromatic carbocycles. The average Bonchev–Trinajstić information content (AvgIpc) is 2.84. The molecule has 0 spiro atoms. The molecule has 1 heterocycles. The van der Waals surface area contributed by atoms with Crippen molar-refractivity contribution in [2.45, 2.75) is 72.1 Å². The molecule has 0 aliphatic rings. The van der Waals surface area contributed by atoms with Gasteiger partial charge in [-0.2, -0.15) is 0 Å². The number of carbonyl (C=O) groups excluding carboxylic acids is 1. The van der Waals surface area contributed by atoms with Gasteiger partial charge in [-0.1, -0.05) is 32.4 Å². The van der Waals surface area contributed by atoms with E-state index in [1.165, 1.54) is 0 Å². The second-order valence-electron chi connectivity index (χ2n) is 5.60. The van der Waals surface area contributed by atoms with Crippen LogP contribution in [0.25, 0.3) is 0 Å². The van der Waals surface area contributed by atoms with Gasteiger partial charge in [0.15, 0.2) is 0 Å². The van der Waals surface area contributed by atoms with Gasteiger partial charge in [0.2, 0.25) is 5.91 Å². The summed E-state index contributed by atoms with van der Waals surface area (Å²) in [7, 11) is 0. The number of nitrogens with zero attached hydrogens (tertiary/aromatic N) is 3. The lowest BCUT2D eigenvalue weighted by Crippen LogP contribution is -2.37. The summed E-state index contributed by atoms with van der Waals surface area (Å²) < 4.78 is 1.62. The molecule has 6 nitrogen and oxygen atoms in total. The van der Waals surface area contributed by atoms with Crippen LogP contribution in [-0.4, -0.2) is 33.0 Å². The molecule has 0 bridgehead atoms. The molecule has 1 rings (SSSR count). The molecule has 1 aromatic rings. The number of aromatic nitrogens is 3. The minimum atomic E-state index is -0.338. The van der Waals surface area contributed by atoms with E-state index in [1.54, 1.807) is 4.68 Å². The van der Waals surface area contributed by atoms with Crippen molar-refractivity contribution in [1.82, 2.24) is 25.6 Å². The first-order chi connectivity index (χ1) is 9.43. The average molecular weight is 281 g/mol. The summed E-state index contributed by atoms with van der Waals surface area (Å²) in [6, 6.07) is 0.255. The Hall–Kier alpha value is -1.43. The molecule has 1 amide bonds. The number of carbonyl (C=O) groups is 1. The molecule has 2 N–H and O–H groups in total. The number of amides is 1. The predicted octanol–water partition coefficient (Wildman–Crippen LogP) is 1.64. The van der Waals surface area contributed by atoms with Crippen LogP contribution >= 0.6 is 0 Å². The van der Waals surface area contributed by atoms with Gasteiger partial charge < -0.3 is 10.6 Å². The molecule has 0 fully saturated rings. The highest BCUT2D eigenvalue weighted by Crippen LogP contribution is 2.06. The number of hydrogen-bond acceptors (Lipinski definition) is 4. The van der Waals surface area contributed by atoms with E-state index in [0.717, 1.165) is 18.5 Å². The first-order valence-corrected chi connectivity index (χ1v) is 7.38. The van der Waals surface area contributed by atoms with Crippen LogP contribution in [-0.2, 0) is 11.3 Å². The third-order valence-electron chi connectivity index (χ3n) is 3.14. The Morgan fingerprint density at radius 3 is 2.65 bits per heavy atom. The molecule has 114 valence electrons. The van der Waals surface area contributed by atoms with Crippen LogP contribution < -0.4 is 10.6 Å². The fourth-order valence-electron chi connectivity index (χ4n) is 1.88. The summed E-state index contributed by atoms with van der Waals surface area (Å²) in [6.45, 7) is 10.8. The monoisotopic (exact) mass is 281 g/mol. The van der Waals surface area contributed by atoms with Crippen LogP contribution in [0.4, 0.5) is 0 Å². The molecule has 1 aromatic heterocycles. The maximum atomic E-state index is 12.1. The van der Waals surface area contributed by atoms with E-state index in [2.05, 4.69) is 41.7 Å². The lowest BCUT2D eigenvalue weighted by Gasteiger charge is -2.16. The Bertz CT molecular complexity index is 415. The molecule has 2 unspecified atom stereocenters. The van der Waals surface area contributed by atoms with Crippen LogP contribution in [0.3, 0.4) is 0 Å².